The van der Waals surface area contributed by atoms with E-state index in [1.807, 2.05) is 13.8 Å². The lowest BCUT2D eigenvalue weighted by atomic mass is 10.2. The molecule has 108 valence electrons. The number of nitrogens with zero attached hydrogens (tertiary/aromatic N) is 1. The number of hydrogen-bond acceptors (Lipinski definition) is 5. The molecule has 7 nitrogen and oxygen atoms in total. The number of rotatable bonds is 7. The number of ether oxygens (including phenoxy) is 1. The minimum Gasteiger partial charge on any atom is -0.486 e. The number of carbonyl (C=O) groups is 2. The van der Waals surface area contributed by atoms with Crippen LogP contribution in [0.25, 0.3) is 0 Å². The molecule has 0 aliphatic heterocycles. The van der Waals surface area contributed by atoms with Crippen molar-refractivity contribution >= 4 is 17.9 Å². The number of nitro groups is 1. The van der Waals surface area contributed by atoms with Crippen molar-refractivity contribution in [2.24, 2.45) is 0 Å². The molecule has 0 aliphatic rings. The quantitative estimate of drug-likeness (QED) is 0.465. The van der Waals surface area contributed by atoms with E-state index in [4.69, 9.17) is 4.74 Å². The van der Waals surface area contributed by atoms with E-state index in [0.717, 1.165) is 6.07 Å². The lowest BCUT2D eigenvalue weighted by Crippen LogP contribution is -2.31. The molecule has 0 spiro atoms. The van der Waals surface area contributed by atoms with Gasteiger partial charge in [0, 0.05) is 17.7 Å². The van der Waals surface area contributed by atoms with E-state index in [9.17, 15) is 19.7 Å². The zero-order chi connectivity index (χ0) is 15.1. The van der Waals surface area contributed by atoms with Gasteiger partial charge in [-0.15, -0.1) is 0 Å². The first-order valence-corrected chi connectivity index (χ1v) is 6.10. The maximum atomic E-state index is 11.4. The lowest BCUT2D eigenvalue weighted by molar-refractivity contribution is -0.385. The van der Waals surface area contributed by atoms with Crippen LogP contribution in [0.1, 0.15) is 30.6 Å². The Balaban J connectivity index is 2.66. The second-order valence-electron chi connectivity index (χ2n) is 4.42. The highest BCUT2D eigenvalue weighted by Gasteiger charge is 2.16. The molecule has 20 heavy (non-hydrogen) atoms. The molecule has 0 aromatic heterocycles. The summed E-state index contributed by atoms with van der Waals surface area (Å²) < 4.78 is 5.23. The van der Waals surface area contributed by atoms with Gasteiger partial charge in [0.2, 0.25) is 5.91 Å². The highest BCUT2D eigenvalue weighted by molar-refractivity contribution is 5.77. The van der Waals surface area contributed by atoms with Crippen molar-refractivity contribution in [1.82, 2.24) is 5.32 Å². The third-order valence-electron chi connectivity index (χ3n) is 2.35. The Labute approximate surface area is 116 Å². The molecule has 1 aromatic carbocycles. The molecule has 0 saturated heterocycles. The molecule has 1 N–H and O–H groups in total. The Morgan fingerprint density at radius 3 is 2.75 bits per heavy atom. The molecule has 0 heterocycles. The molecule has 0 unspecified atom stereocenters. The van der Waals surface area contributed by atoms with E-state index in [2.05, 4.69) is 5.32 Å². The summed E-state index contributed by atoms with van der Waals surface area (Å²) in [5.41, 5.74) is -0.0968. The third kappa shape index (κ3) is 4.68. The van der Waals surface area contributed by atoms with Crippen LogP contribution >= 0.6 is 0 Å². The van der Waals surface area contributed by atoms with Gasteiger partial charge < -0.3 is 10.1 Å². The van der Waals surface area contributed by atoms with Gasteiger partial charge in [-0.3, -0.25) is 19.7 Å². The fraction of sp³-hybridized carbons (Fsp3) is 0.385. The second kappa shape index (κ2) is 7.22. The molecule has 1 amide bonds. The minimum atomic E-state index is -0.628. The standard InChI is InChI=1S/C13H16N2O5/c1-9(2)14-13(17)5-6-20-12-4-3-10(8-16)7-11(12)15(18)19/h3-4,7-9H,5-6H2,1-2H3,(H,14,17). The zero-order valence-electron chi connectivity index (χ0n) is 11.3. The number of amides is 1. The molecule has 1 aromatic rings. The van der Waals surface area contributed by atoms with Crippen molar-refractivity contribution in [3.8, 4) is 5.75 Å². The average Bonchev–Trinajstić information content (AvgIpc) is 2.37. The van der Waals surface area contributed by atoms with Gasteiger partial charge in [-0.05, 0) is 26.0 Å². The van der Waals surface area contributed by atoms with Gasteiger partial charge in [0.15, 0.2) is 5.75 Å². The predicted octanol–water partition coefficient (Wildman–Crippen LogP) is 1.70. The molecule has 1 rings (SSSR count). The average molecular weight is 280 g/mol. The largest absolute Gasteiger partial charge is 0.486 e. The van der Waals surface area contributed by atoms with Gasteiger partial charge in [0.1, 0.15) is 6.29 Å². The van der Waals surface area contributed by atoms with Gasteiger partial charge in [0.05, 0.1) is 18.0 Å². The van der Waals surface area contributed by atoms with Gasteiger partial charge in [-0.2, -0.15) is 0 Å². The summed E-state index contributed by atoms with van der Waals surface area (Å²) >= 11 is 0. The van der Waals surface area contributed by atoms with E-state index in [1.165, 1.54) is 12.1 Å². The predicted molar refractivity (Wildman–Crippen MR) is 71.9 cm³/mol. The Morgan fingerprint density at radius 1 is 1.50 bits per heavy atom. The van der Waals surface area contributed by atoms with Crippen LogP contribution in [0.5, 0.6) is 5.75 Å². The molecule has 0 fully saturated rings. The molecule has 7 heteroatoms. The van der Waals surface area contributed by atoms with Gasteiger partial charge in [-0.1, -0.05) is 0 Å². The summed E-state index contributed by atoms with van der Waals surface area (Å²) in [7, 11) is 0. The summed E-state index contributed by atoms with van der Waals surface area (Å²) in [5, 5.41) is 13.5. The van der Waals surface area contributed by atoms with Crippen LogP contribution in [0.3, 0.4) is 0 Å². The van der Waals surface area contributed by atoms with Crippen LogP contribution in [-0.2, 0) is 4.79 Å². The van der Waals surface area contributed by atoms with Gasteiger partial charge in [-0.25, -0.2) is 0 Å². The first kappa shape index (κ1) is 15.6. The van der Waals surface area contributed by atoms with E-state index < -0.39 is 4.92 Å². The van der Waals surface area contributed by atoms with Gasteiger partial charge >= 0.3 is 5.69 Å². The summed E-state index contributed by atoms with van der Waals surface area (Å²) in [6, 6.07) is 3.94. The van der Waals surface area contributed by atoms with Crippen molar-refractivity contribution in [1.29, 1.82) is 0 Å². The number of carbonyl (C=O) groups excluding carboxylic acids is 2. The number of nitro benzene ring substituents is 1. The smallest absolute Gasteiger partial charge is 0.311 e. The SMILES string of the molecule is CC(C)NC(=O)CCOc1ccc(C=O)cc1[N+](=O)[O-]. The number of hydrogen-bond donors (Lipinski definition) is 1. The maximum Gasteiger partial charge on any atom is 0.311 e. The van der Waals surface area contributed by atoms with Crippen LogP contribution in [-0.4, -0.2) is 29.8 Å². The molecule has 0 radical (unpaired) electrons. The van der Waals surface area contributed by atoms with Crippen molar-refractivity contribution in [3.05, 3.63) is 33.9 Å². The Bertz CT molecular complexity index is 513. The van der Waals surface area contributed by atoms with Crippen LogP contribution in [0.15, 0.2) is 18.2 Å². The van der Waals surface area contributed by atoms with E-state index in [-0.39, 0.29) is 42.0 Å². The monoisotopic (exact) mass is 280 g/mol. The first-order chi connectivity index (χ1) is 9.43. The fourth-order valence-electron chi connectivity index (χ4n) is 1.52. The van der Waals surface area contributed by atoms with Gasteiger partial charge in [0.25, 0.3) is 0 Å². The number of benzene rings is 1. The van der Waals surface area contributed by atoms with Crippen LogP contribution in [0.2, 0.25) is 0 Å². The Hall–Kier alpha value is -2.44. The second-order valence-corrected chi connectivity index (χ2v) is 4.42. The summed E-state index contributed by atoms with van der Waals surface area (Å²) in [4.78, 5) is 32.2. The summed E-state index contributed by atoms with van der Waals surface area (Å²) in [6.07, 6.45) is 0.623. The maximum absolute atomic E-state index is 11.4. The highest BCUT2D eigenvalue weighted by atomic mass is 16.6. The Kier molecular flexibility index (Phi) is 5.64. The minimum absolute atomic E-state index is 0.0276. The molecule has 0 bridgehead atoms. The molecule has 0 atom stereocenters. The molecular formula is C13H16N2O5. The van der Waals surface area contributed by atoms with Crippen LogP contribution < -0.4 is 10.1 Å². The van der Waals surface area contributed by atoms with E-state index in [1.54, 1.807) is 0 Å². The normalized spacial score (nSPS) is 10.2. The fourth-order valence-corrected chi connectivity index (χ4v) is 1.52. The highest BCUT2D eigenvalue weighted by Crippen LogP contribution is 2.27. The van der Waals surface area contributed by atoms with E-state index >= 15 is 0 Å². The van der Waals surface area contributed by atoms with Crippen molar-refractivity contribution in [2.45, 2.75) is 26.3 Å². The lowest BCUT2D eigenvalue weighted by Gasteiger charge is -2.09. The Morgan fingerprint density at radius 2 is 2.20 bits per heavy atom. The first-order valence-electron chi connectivity index (χ1n) is 6.10. The van der Waals surface area contributed by atoms with Crippen LogP contribution in [0, 0.1) is 10.1 Å². The van der Waals surface area contributed by atoms with Crippen molar-refractivity contribution in [3.63, 3.8) is 0 Å². The van der Waals surface area contributed by atoms with Crippen molar-refractivity contribution in [2.75, 3.05) is 6.61 Å². The topological polar surface area (TPSA) is 98.5 Å². The summed E-state index contributed by atoms with van der Waals surface area (Å²) in [5.74, 6) is -0.148. The van der Waals surface area contributed by atoms with Crippen LogP contribution in [0.4, 0.5) is 5.69 Å². The third-order valence-corrected chi connectivity index (χ3v) is 2.35. The zero-order valence-corrected chi connectivity index (χ0v) is 11.3. The molecule has 0 aliphatic carbocycles. The van der Waals surface area contributed by atoms with Crippen molar-refractivity contribution < 1.29 is 19.2 Å². The summed E-state index contributed by atoms with van der Waals surface area (Å²) in [6.45, 7) is 3.70. The molecular weight excluding hydrogens is 264 g/mol. The number of nitrogens with one attached hydrogen (secondary N) is 1. The molecule has 0 saturated carbocycles. The number of aldehydes is 1. The van der Waals surface area contributed by atoms with E-state index in [0.29, 0.717) is 6.29 Å².